The van der Waals surface area contributed by atoms with Crippen LogP contribution >= 0.6 is 12.4 Å². The predicted octanol–water partition coefficient (Wildman–Crippen LogP) is 3.51. The number of nitrogens with one attached hydrogen (secondary N) is 1. The number of rotatable bonds is 5. The van der Waals surface area contributed by atoms with Crippen LogP contribution in [0, 0.1) is 0 Å². The first-order valence-corrected chi connectivity index (χ1v) is 8.68. The molecule has 5 nitrogen and oxygen atoms in total. The first-order valence-electron chi connectivity index (χ1n) is 8.68. The Labute approximate surface area is 154 Å². The Bertz CT molecular complexity index is 688. The molecule has 0 saturated carbocycles. The van der Waals surface area contributed by atoms with E-state index in [1.165, 1.54) is 24.8 Å². The summed E-state index contributed by atoms with van der Waals surface area (Å²) in [4.78, 5) is 7.01. The van der Waals surface area contributed by atoms with Crippen molar-refractivity contribution in [3.8, 4) is 11.5 Å². The summed E-state index contributed by atoms with van der Waals surface area (Å²) < 4.78 is 10.9. The highest BCUT2D eigenvalue weighted by atomic mass is 35.5. The molecule has 1 aromatic heterocycles. The van der Waals surface area contributed by atoms with Gasteiger partial charge in [-0.1, -0.05) is 18.2 Å². The second-order valence-electron chi connectivity index (χ2n) is 6.33. The van der Waals surface area contributed by atoms with Gasteiger partial charge in [-0.2, -0.15) is 0 Å². The minimum Gasteiger partial charge on any atom is -0.454 e. The number of ether oxygens (including phenoxy) is 2. The van der Waals surface area contributed by atoms with E-state index in [2.05, 4.69) is 33.4 Å². The molecule has 134 valence electrons. The molecule has 2 aliphatic rings. The second-order valence-corrected chi connectivity index (χ2v) is 6.33. The SMILES string of the molecule is Cl.c1cc(CNCc2ccc(N3CCCCC3)nc2)c2c(c1)OCO2. The number of hydrogen-bond donors (Lipinski definition) is 1. The lowest BCUT2D eigenvalue weighted by Crippen LogP contribution is -2.30. The van der Waals surface area contributed by atoms with Crippen molar-refractivity contribution in [2.24, 2.45) is 0 Å². The van der Waals surface area contributed by atoms with Gasteiger partial charge in [0.15, 0.2) is 11.5 Å². The normalized spacial score (nSPS) is 15.8. The minimum atomic E-state index is 0. The summed E-state index contributed by atoms with van der Waals surface area (Å²) in [6, 6.07) is 10.3. The van der Waals surface area contributed by atoms with Crippen LogP contribution in [0.25, 0.3) is 0 Å². The average Bonchev–Trinajstić information content (AvgIpc) is 3.13. The number of aromatic nitrogens is 1. The second kappa shape index (κ2) is 8.41. The molecular formula is C19H24ClN3O2. The van der Waals surface area contributed by atoms with Crippen LogP contribution in [0.1, 0.15) is 30.4 Å². The van der Waals surface area contributed by atoms with Crippen LogP contribution in [0.4, 0.5) is 5.82 Å². The topological polar surface area (TPSA) is 46.6 Å². The van der Waals surface area contributed by atoms with Gasteiger partial charge in [-0.3, -0.25) is 0 Å². The Kier molecular flexibility index (Phi) is 6.00. The quantitative estimate of drug-likeness (QED) is 0.883. The fraction of sp³-hybridized carbons (Fsp3) is 0.421. The number of pyridine rings is 1. The highest BCUT2D eigenvalue weighted by molar-refractivity contribution is 5.85. The van der Waals surface area contributed by atoms with Crippen LogP contribution in [0.5, 0.6) is 11.5 Å². The van der Waals surface area contributed by atoms with E-state index in [0.717, 1.165) is 49.1 Å². The zero-order valence-corrected chi connectivity index (χ0v) is 15.1. The number of para-hydroxylation sites is 1. The Morgan fingerprint density at radius 1 is 1.00 bits per heavy atom. The molecule has 1 N–H and O–H groups in total. The van der Waals surface area contributed by atoms with E-state index < -0.39 is 0 Å². The van der Waals surface area contributed by atoms with Gasteiger partial charge in [0.05, 0.1) is 0 Å². The zero-order valence-electron chi connectivity index (χ0n) is 14.2. The van der Waals surface area contributed by atoms with Crippen molar-refractivity contribution in [3.63, 3.8) is 0 Å². The molecular weight excluding hydrogens is 338 g/mol. The summed E-state index contributed by atoms with van der Waals surface area (Å²) in [5.74, 6) is 2.80. The number of benzene rings is 1. The van der Waals surface area contributed by atoms with Crippen molar-refractivity contribution in [3.05, 3.63) is 47.7 Å². The van der Waals surface area contributed by atoms with Gasteiger partial charge in [0.1, 0.15) is 5.82 Å². The first-order chi connectivity index (χ1) is 11.9. The number of halogens is 1. The van der Waals surface area contributed by atoms with Gasteiger partial charge in [0, 0.05) is 37.9 Å². The van der Waals surface area contributed by atoms with Gasteiger partial charge in [-0.05, 0) is 37.0 Å². The number of hydrogen-bond acceptors (Lipinski definition) is 5. The van der Waals surface area contributed by atoms with Crippen molar-refractivity contribution in [1.29, 1.82) is 0 Å². The fourth-order valence-corrected chi connectivity index (χ4v) is 3.30. The largest absolute Gasteiger partial charge is 0.454 e. The van der Waals surface area contributed by atoms with E-state index in [0.29, 0.717) is 6.79 Å². The molecule has 0 bridgehead atoms. The maximum Gasteiger partial charge on any atom is 0.231 e. The molecule has 3 heterocycles. The summed E-state index contributed by atoms with van der Waals surface area (Å²) in [6.45, 7) is 4.12. The van der Waals surface area contributed by atoms with Gasteiger partial charge < -0.3 is 19.7 Å². The fourth-order valence-electron chi connectivity index (χ4n) is 3.30. The monoisotopic (exact) mass is 361 g/mol. The average molecular weight is 362 g/mol. The molecule has 0 radical (unpaired) electrons. The maximum absolute atomic E-state index is 5.54. The lowest BCUT2D eigenvalue weighted by atomic mass is 10.1. The van der Waals surface area contributed by atoms with Crippen LogP contribution < -0.4 is 19.7 Å². The van der Waals surface area contributed by atoms with Crippen molar-refractivity contribution in [2.45, 2.75) is 32.4 Å². The van der Waals surface area contributed by atoms with Gasteiger partial charge in [-0.15, -0.1) is 12.4 Å². The van der Waals surface area contributed by atoms with Gasteiger partial charge >= 0.3 is 0 Å². The molecule has 25 heavy (non-hydrogen) atoms. The van der Waals surface area contributed by atoms with Gasteiger partial charge in [-0.25, -0.2) is 4.98 Å². The van der Waals surface area contributed by atoms with Crippen molar-refractivity contribution in [2.75, 3.05) is 24.8 Å². The Balaban J connectivity index is 0.00000182. The van der Waals surface area contributed by atoms with E-state index in [1.54, 1.807) is 0 Å². The van der Waals surface area contributed by atoms with E-state index in [-0.39, 0.29) is 12.4 Å². The van der Waals surface area contributed by atoms with Crippen LogP contribution in [-0.4, -0.2) is 24.9 Å². The number of nitrogens with zero attached hydrogens (tertiary/aromatic N) is 2. The van der Waals surface area contributed by atoms with E-state index in [9.17, 15) is 0 Å². The lowest BCUT2D eigenvalue weighted by Gasteiger charge is -2.27. The number of anilines is 1. The minimum absolute atomic E-state index is 0. The molecule has 0 atom stereocenters. The summed E-state index contributed by atoms with van der Waals surface area (Å²) in [7, 11) is 0. The molecule has 4 rings (SSSR count). The lowest BCUT2D eigenvalue weighted by molar-refractivity contribution is 0.173. The summed E-state index contributed by atoms with van der Waals surface area (Å²) in [5, 5.41) is 3.46. The molecule has 0 aliphatic carbocycles. The van der Waals surface area contributed by atoms with Crippen LogP contribution in [0.2, 0.25) is 0 Å². The third-order valence-corrected chi connectivity index (χ3v) is 4.61. The first kappa shape index (κ1) is 17.8. The predicted molar refractivity (Wildman–Crippen MR) is 101 cm³/mol. The highest BCUT2D eigenvalue weighted by Gasteiger charge is 2.16. The summed E-state index contributed by atoms with van der Waals surface area (Å²) in [6.07, 6.45) is 5.87. The molecule has 1 saturated heterocycles. The summed E-state index contributed by atoms with van der Waals surface area (Å²) in [5.41, 5.74) is 2.32. The Hall–Kier alpha value is -1.98. The Morgan fingerprint density at radius 2 is 1.88 bits per heavy atom. The van der Waals surface area contributed by atoms with Crippen LogP contribution in [0.3, 0.4) is 0 Å². The zero-order chi connectivity index (χ0) is 16.2. The molecule has 1 fully saturated rings. The summed E-state index contributed by atoms with van der Waals surface area (Å²) >= 11 is 0. The van der Waals surface area contributed by atoms with E-state index >= 15 is 0 Å². The van der Waals surface area contributed by atoms with Crippen molar-refractivity contribution >= 4 is 18.2 Å². The smallest absolute Gasteiger partial charge is 0.231 e. The van der Waals surface area contributed by atoms with E-state index in [1.807, 2.05) is 18.3 Å². The van der Waals surface area contributed by atoms with Gasteiger partial charge in [0.25, 0.3) is 0 Å². The molecule has 6 heteroatoms. The van der Waals surface area contributed by atoms with Crippen molar-refractivity contribution < 1.29 is 9.47 Å². The molecule has 0 spiro atoms. The number of fused-ring (bicyclic) bond motifs is 1. The molecule has 2 aromatic rings. The van der Waals surface area contributed by atoms with Crippen molar-refractivity contribution in [1.82, 2.24) is 10.3 Å². The molecule has 2 aliphatic heterocycles. The molecule has 0 unspecified atom stereocenters. The highest BCUT2D eigenvalue weighted by Crippen LogP contribution is 2.35. The van der Waals surface area contributed by atoms with Crippen LogP contribution in [0.15, 0.2) is 36.5 Å². The molecule has 1 aromatic carbocycles. The third-order valence-electron chi connectivity index (χ3n) is 4.61. The molecule has 0 amide bonds. The number of piperidine rings is 1. The standard InChI is InChI=1S/C19H23N3O2.ClH/c1-2-9-22(10-3-1)18-8-7-15(12-21-18)11-20-13-16-5-4-6-17-19(16)24-14-23-17;/h4-8,12,20H,1-3,9-11,13-14H2;1H. The third kappa shape index (κ3) is 4.17. The Morgan fingerprint density at radius 3 is 2.68 bits per heavy atom. The maximum atomic E-state index is 5.54. The van der Waals surface area contributed by atoms with E-state index in [4.69, 9.17) is 9.47 Å². The van der Waals surface area contributed by atoms with Gasteiger partial charge in [0.2, 0.25) is 6.79 Å². The van der Waals surface area contributed by atoms with Crippen LogP contribution in [-0.2, 0) is 13.1 Å².